The zero-order valence-electron chi connectivity index (χ0n) is 22.6. The molecule has 37 heavy (non-hydrogen) atoms. The number of rotatable bonds is 4. The number of hydrogen-bond donors (Lipinski definition) is 0. The van der Waals surface area contributed by atoms with E-state index in [1.54, 1.807) is 0 Å². The lowest BCUT2D eigenvalue weighted by Gasteiger charge is -2.09. The topological polar surface area (TPSA) is 17.6 Å². The highest BCUT2D eigenvalue weighted by Gasteiger charge is 2.26. The van der Waals surface area contributed by atoms with Gasteiger partial charge in [-0.15, -0.1) is 0 Å². The van der Waals surface area contributed by atoms with E-state index in [0.29, 0.717) is 0 Å². The second-order valence-corrected chi connectivity index (χ2v) is 10.2. The summed E-state index contributed by atoms with van der Waals surface area (Å²) in [6.45, 7) is 4.47. The van der Waals surface area contributed by atoms with Crippen molar-refractivity contribution in [2.24, 2.45) is 28.2 Å². The van der Waals surface area contributed by atoms with Crippen molar-refractivity contribution in [3.63, 3.8) is 0 Å². The zero-order valence-corrected chi connectivity index (χ0v) is 22.6. The van der Waals surface area contributed by atoms with Gasteiger partial charge in [-0.3, -0.25) is 0 Å². The van der Waals surface area contributed by atoms with Gasteiger partial charge < -0.3 is 9.13 Å². The summed E-state index contributed by atoms with van der Waals surface area (Å²) in [5, 5.41) is 2.63. The summed E-state index contributed by atoms with van der Waals surface area (Å²) in [4.78, 5) is 0. The smallest absolute Gasteiger partial charge is 0.229 e. The molecule has 0 spiro atoms. The molecular weight excluding hydrogens is 452 g/mol. The summed E-state index contributed by atoms with van der Waals surface area (Å²) in [5.41, 5.74) is 12.8. The molecule has 6 rings (SSSR count). The van der Waals surface area contributed by atoms with Crippen LogP contribution in [0.25, 0.3) is 44.6 Å². The van der Waals surface area contributed by atoms with Crippen molar-refractivity contribution in [2.75, 3.05) is 0 Å². The third kappa shape index (κ3) is 3.51. The Bertz CT molecular complexity index is 1600. The molecule has 4 aromatic heterocycles. The maximum absolute atomic E-state index is 2.36. The number of fused-ring (bicyclic) bond motifs is 2. The number of nitrogens with zero attached hydrogens (tertiary/aromatic N) is 4. The molecule has 184 valence electrons. The molecule has 0 radical (unpaired) electrons. The second kappa shape index (κ2) is 8.74. The monoisotopic (exact) mass is 486 g/mol. The Morgan fingerprint density at radius 2 is 0.946 bits per heavy atom. The van der Waals surface area contributed by atoms with Crippen molar-refractivity contribution in [1.29, 1.82) is 0 Å². The zero-order chi connectivity index (χ0) is 25.8. The Kier molecular flexibility index (Phi) is 5.49. The van der Waals surface area contributed by atoms with Crippen LogP contribution in [-0.4, -0.2) is 9.13 Å². The number of aromatic nitrogens is 4. The minimum Gasteiger partial charge on any atom is -0.338 e. The summed E-state index contributed by atoms with van der Waals surface area (Å²) in [7, 11) is 8.74. The van der Waals surface area contributed by atoms with Crippen LogP contribution in [0.3, 0.4) is 0 Å². The summed E-state index contributed by atoms with van der Waals surface area (Å²) < 4.78 is 9.37. The highest BCUT2D eigenvalue weighted by Crippen LogP contribution is 2.32. The molecule has 2 aromatic carbocycles. The molecule has 0 amide bonds. The molecular formula is C33H34N4+2. The maximum atomic E-state index is 2.36. The van der Waals surface area contributed by atoms with Gasteiger partial charge in [0.1, 0.15) is 31.9 Å². The van der Waals surface area contributed by atoms with E-state index in [9.17, 15) is 0 Å². The van der Waals surface area contributed by atoms with Crippen molar-refractivity contribution in [3.8, 4) is 22.8 Å². The first-order valence-electron chi connectivity index (χ1n) is 12.9. The number of pyridine rings is 2. The van der Waals surface area contributed by atoms with Gasteiger partial charge in [0.25, 0.3) is 0 Å². The molecule has 0 atom stereocenters. The molecule has 0 saturated heterocycles. The molecule has 0 saturated carbocycles. The third-order valence-electron chi connectivity index (χ3n) is 8.24. The molecule has 4 heterocycles. The van der Waals surface area contributed by atoms with Crippen LogP contribution >= 0.6 is 0 Å². The van der Waals surface area contributed by atoms with Gasteiger partial charge in [-0.05, 0) is 49.2 Å². The Hall–Kier alpha value is -4.18. The molecule has 0 bridgehead atoms. The van der Waals surface area contributed by atoms with E-state index < -0.39 is 0 Å². The lowest BCUT2D eigenvalue weighted by molar-refractivity contribution is -0.680. The lowest BCUT2D eigenvalue weighted by atomic mass is 10.1. The van der Waals surface area contributed by atoms with Crippen LogP contribution in [0.1, 0.15) is 22.5 Å². The number of hydrogen-bond acceptors (Lipinski definition) is 0. The van der Waals surface area contributed by atoms with Gasteiger partial charge in [-0.2, -0.15) is 9.13 Å². The summed E-state index contributed by atoms with van der Waals surface area (Å²) in [6, 6.07) is 30.7. The Morgan fingerprint density at radius 1 is 0.541 bits per heavy atom. The van der Waals surface area contributed by atoms with Crippen LogP contribution in [0.4, 0.5) is 0 Å². The quantitative estimate of drug-likeness (QED) is 0.278. The van der Waals surface area contributed by atoms with Gasteiger partial charge in [-0.25, -0.2) is 0 Å². The van der Waals surface area contributed by atoms with Crippen LogP contribution in [0.15, 0.2) is 84.9 Å². The first-order valence-corrected chi connectivity index (χ1v) is 12.9. The van der Waals surface area contributed by atoms with Crippen LogP contribution in [-0.2, 0) is 34.6 Å². The van der Waals surface area contributed by atoms with Crippen LogP contribution in [0, 0.1) is 13.8 Å². The molecule has 6 aromatic rings. The van der Waals surface area contributed by atoms with E-state index in [-0.39, 0.29) is 0 Å². The van der Waals surface area contributed by atoms with E-state index in [0.717, 1.165) is 6.42 Å². The predicted octanol–water partition coefficient (Wildman–Crippen LogP) is 5.86. The Labute approximate surface area is 218 Å². The fourth-order valence-electron chi connectivity index (χ4n) is 6.17. The molecule has 0 aliphatic rings. The van der Waals surface area contributed by atoms with Crippen molar-refractivity contribution in [3.05, 3.63) is 107 Å². The molecule has 0 aliphatic carbocycles. The fourth-order valence-corrected chi connectivity index (χ4v) is 6.17. The van der Waals surface area contributed by atoms with Gasteiger partial charge >= 0.3 is 0 Å². The maximum Gasteiger partial charge on any atom is 0.229 e. The van der Waals surface area contributed by atoms with E-state index >= 15 is 0 Å². The first-order chi connectivity index (χ1) is 17.9. The lowest BCUT2D eigenvalue weighted by Crippen LogP contribution is -2.41. The number of benzene rings is 2. The Morgan fingerprint density at radius 3 is 1.35 bits per heavy atom. The second-order valence-electron chi connectivity index (χ2n) is 10.2. The number of aryl methyl sites for hydroxylation is 4. The summed E-state index contributed by atoms with van der Waals surface area (Å²) in [5.74, 6) is 0. The SMILES string of the molecule is Cc1c(-c2cccc(Cc3cccc(-c4c(C)c5ccccc5n4C)[n+]3C)[n+]2C)n(C)c2ccccc12. The van der Waals surface area contributed by atoms with Crippen LogP contribution < -0.4 is 9.13 Å². The summed E-state index contributed by atoms with van der Waals surface area (Å²) >= 11 is 0. The average Bonchev–Trinajstić information content (AvgIpc) is 3.31. The summed E-state index contributed by atoms with van der Waals surface area (Å²) in [6.07, 6.45) is 0.848. The van der Waals surface area contributed by atoms with Crippen LogP contribution in [0.2, 0.25) is 0 Å². The molecule has 4 heteroatoms. The largest absolute Gasteiger partial charge is 0.338 e. The van der Waals surface area contributed by atoms with Gasteiger partial charge in [-0.1, -0.05) is 36.4 Å². The van der Waals surface area contributed by atoms with E-state index in [2.05, 4.69) is 145 Å². The first kappa shape index (κ1) is 23.2. The van der Waals surface area contributed by atoms with Gasteiger partial charge in [0.05, 0.1) is 0 Å². The van der Waals surface area contributed by atoms with Crippen molar-refractivity contribution in [1.82, 2.24) is 9.13 Å². The van der Waals surface area contributed by atoms with E-state index in [4.69, 9.17) is 0 Å². The van der Waals surface area contributed by atoms with Crippen molar-refractivity contribution < 1.29 is 9.13 Å². The molecule has 4 nitrogen and oxygen atoms in total. The number of para-hydroxylation sites is 2. The molecule has 0 aliphatic heterocycles. The van der Waals surface area contributed by atoms with Gasteiger partial charge in [0.2, 0.25) is 11.4 Å². The van der Waals surface area contributed by atoms with Crippen LogP contribution in [0.5, 0.6) is 0 Å². The highest BCUT2D eigenvalue weighted by molar-refractivity contribution is 5.91. The minimum atomic E-state index is 0.848. The normalized spacial score (nSPS) is 11.6. The fraction of sp³-hybridized carbons (Fsp3) is 0.212. The Balaban J connectivity index is 1.44. The third-order valence-corrected chi connectivity index (χ3v) is 8.24. The molecule has 0 N–H and O–H groups in total. The highest BCUT2D eigenvalue weighted by atomic mass is 15.0. The predicted molar refractivity (Wildman–Crippen MR) is 151 cm³/mol. The van der Waals surface area contributed by atoms with E-state index in [1.807, 2.05) is 0 Å². The standard InChI is InChI=1S/C33H34N4/c1-22-26-15-7-9-17-28(26)36(5)32(22)30-19-11-13-24(34(30)3)21-25-14-12-20-31(35(25)4)33-23(2)27-16-8-10-18-29(27)37(33)6/h7-20H,21H2,1-6H3/q+2. The molecule has 0 unspecified atom stereocenters. The van der Waals surface area contributed by atoms with Crippen molar-refractivity contribution >= 4 is 21.8 Å². The average molecular weight is 487 g/mol. The van der Waals surface area contributed by atoms with E-state index in [1.165, 1.54) is 67.1 Å². The minimum absolute atomic E-state index is 0.848. The van der Waals surface area contributed by atoms with Gasteiger partial charge in [0, 0.05) is 60.2 Å². The molecule has 0 fully saturated rings. The van der Waals surface area contributed by atoms with Crippen molar-refractivity contribution in [2.45, 2.75) is 20.3 Å². The van der Waals surface area contributed by atoms with Gasteiger partial charge in [0.15, 0.2) is 11.4 Å².